The average molecular weight is 498 g/mol. The van der Waals surface area contributed by atoms with Crippen molar-refractivity contribution in [3.8, 4) is 34.5 Å². The van der Waals surface area contributed by atoms with Gasteiger partial charge in [-0.15, -0.1) is 0 Å². The van der Waals surface area contributed by atoms with E-state index in [0.717, 1.165) is 33.0 Å². The zero-order valence-electron chi connectivity index (χ0n) is 19.6. The number of anilines is 1. The van der Waals surface area contributed by atoms with Gasteiger partial charge in [0.05, 0.1) is 11.3 Å². The fourth-order valence-electron chi connectivity index (χ4n) is 4.25. The van der Waals surface area contributed by atoms with Crippen LogP contribution in [0.25, 0.3) is 11.4 Å². The van der Waals surface area contributed by atoms with E-state index in [9.17, 15) is 4.79 Å². The third-order valence-electron chi connectivity index (χ3n) is 5.99. The van der Waals surface area contributed by atoms with E-state index in [2.05, 4.69) is 11.4 Å². The Morgan fingerprint density at radius 1 is 0.972 bits per heavy atom. The first-order chi connectivity index (χ1) is 17.6. The second-order valence-corrected chi connectivity index (χ2v) is 9.50. The van der Waals surface area contributed by atoms with Crippen LogP contribution in [0.3, 0.4) is 0 Å². The van der Waals surface area contributed by atoms with Crippen LogP contribution in [0.5, 0.6) is 23.1 Å². The molecular formula is C28H23N3O4S. The van der Waals surface area contributed by atoms with E-state index in [0.29, 0.717) is 48.5 Å². The third kappa shape index (κ3) is 4.47. The first-order valence-electron chi connectivity index (χ1n) is 11.7. The van der Waals surface area contributed by atoms with Crippen LogP contribution in [-0.2, 0) is 11.2 Å². The molecule has 2 aliphatic rings. The van der Waals surface area contributed by atoms with Gasteiger partial charge in [-0.25, -0.2) is 4.98 Å². The molecule has 180 valence electrons. The second kappa shape index (κ2) is 9.54. The lowest BCUT2D eigenvalue weighted by Crippen LogP contribution is -2.17. The summed E-state index contributed by atoms with van der Waals surface area (Å²) in [5.41, 5.74) is 4.59. The summed E-state index contributed by atoms with van der Waals surface area (Å²) in [5.74, 6) is 3.32. The molecular weight excluding hydrogens is 474 g/mol. The minimum atomic E-state index is -0.140. The first kappa shape index (κ1) is 22.4. The van der Waals surface area contributed by atoms with Gasteiger partial charge in [0.1, 0.15) is 24.0 Å². The zero-order chi connectivity index (χ0) is 24.5. The van der Waals surface area contributed by atoms with Gasteiger partial charge in [0.15, 0.2) is 17.3 Å². The summed E-state index contributed by atoms with van der Waals surface area (Å²) in [5, 5.41) is 3.68. The normalized spacial score (nSPS) is 13.2. The maximum Gasteiger partial charge on any atom is 0.234 e. The Kier molecular flexibility index (Phi) is 5.95. The molecule has 1 amide bonds. The summed E-state index contributed by atoms with van der Waals surface area (Å²) in [6.07, 6.45) is 0.646. The van der Waals surface area contributed by atoms with Crippen LogP contribution in [-0.4, -0.2) is 34.8 Å². The Labute approximate surface area is 212 Å². The molecule has 6 rings (SSSR count). The summed E-state index contributed by atoms with van der Waals surface area (Å²) in [6, 6.07) is 21.3. The highest BCUT2D eigenvalue weighted by atomic mass is 32.2. The lowest BCUT2D eigenvalue weighted by molar-refractivity contribution is -0.113. The number of thioether (sulfide) groups is 1. The van der Waals surface area contributed by atoms with Crippen molar-refractivity contribution in [3.63, 3.8) is 0 Å². The summed E-state index contributed by atoms with van der Waals surface area (Å²) in [6.45, 7) is 3.05. The standard InChI is InChI=1S/C28H23N3O4S/c1-17-6-5-9-19-14-21-27(35-25(17)19)30-26(18-7-3-2-4-8-18)31-28(21)36-16-24(32)29-20-10-11-22-23(15-20)34-13-12-33-22/h2-11,15H,12-14,16H2,1H3,(H,29,32). The molecule has 4 aromatic rings. The van der Waals surface area contributed by atoms with E-state index < -0.39 is 0 Å². The minimum Gasteiger partial charge on any atom is -0.486 e. The van der Waals surface area contributed by atoms with Crippen molar-refractivity contribution < 1.29 is 19.0 Å². The molecule has 0 radical (unpaired) electrons. The summed E-state index contributed by atoms with van der Waals surface area (Å²) in [7, 11) is 0. The van der Waals surface area contributed by atoms with Crippen molar-refractivity contribution in [3.05, 3.63) is 83.4 Å². The van der Waals surface area contributed by atoms with Crippen LogP contribution < -0.4 is 19.5 Å². The molecule has 1 aromatic heterocycles. The highest BCUT2D eigenvalue weighted by Gasteiger charge is 2.25. The lowest BCUT2D eigenvalue weighted by Gasteiger charge is -2.23. The Balaban J connectivity index is 1.26. The van der Waals surface area contributed by atoms with E-state index in [-0.39, 0.29) is 11.7 Å². The molecule has 3 heterocycles. The van der Waals surface area contributed by atoms with Crippen molar-refractivity contribution in [2.45, 2.75) is 18.4 Å². The number of aromatic nitrogens is 2. The number of nitrogens with zero attached hydrogens (tertiary/aromatic N) is 2. The maximum absolute atomic E-state index is 12.8. The molecule has 0 aliphatic carbocycles. The van der Waals surface area contributed by atoms with Crippen molar-refractivity contribution in [2.24, 2.45) is 0 Å². The number of aryl methyl sites for hydroxylation is 1. The van der Waals surface area contributed by atoms with E-state index in [1.807, 2.05) is 55.5 Å². The number of carbonyl (C=O) groups is 1. The Morgan fingerprint density at radius 2 is 1.81 bits per heavy atom. The molecule has 36 heavy (non-hydrogen) atoms. The number of para-hydroxylation sites is 1. The SMILES string of the molecule is Cc1cccc2c1Oc1nc(-c3ccccc3)nc(SCC(=O)Nc3ccc4c(c3)OCCO4)c1C2. The minimum absolute atomic E-state index is 0.140. The van der Waals surface area contributed by atoms with Crippen LogP contribution in [0.2, 0.25) is 0 Å². The largest absolute Gasteiger partial charge is 0.486 e. The summed E-state index contributed by atoms with van der Waals surface area (Å²) < 4.78 is 17.4. The predicted octanol–water partition coefficient (Wildman–Crippen LogP) is 5.65. The molecule has 0 bridgehead atoms. The van der Waals surface area contributed by atoms with Crippen molar-refractivity contribution in [1.29, 1.82) is 0 Å². The van der Waals surface area contributed by atoms with E-state index in [4.69, 9.17) is 24.2 Å². The number of carbonyl (C=O) groups excluding carboxylic acids is 1. The van der Waals surface area contributed by atoms with Crippen molar-refractivity contribution >= 4 is 23.4 Å². The Morgan fingerprint density at radius 3 is 2.67 bits per heavy atom. The zero-order valence-corrected chi connectivity index (χ0v) is 20.4. The Bertz CT molecular complexity index is 1460. The smallest absolute Gasteiger partial charge is 0.234 e. The van der Waals surface area contributed by atoms with E-state index in [1.165, 1.54) is 11.8 Å². The molecule has 0 spiro atoms. The number of hydrogen-bond donors (Lipinski definition) is 1. The van der Waals surface area contributed by atoms with Crippen molar-refractivity contribution in [2.75, 3.05) is 24.3 Å². The van der Waals surface area contributed by atoms with Crippen LogP contribution in [0.15, 0.2) is 71.8 Å². The second-order valence-electron chi connectivity index (χ2n) is 8.54. The number of ether oxygens (including phenoxy) is 3. The number of fused-ring (bicyclic) bond motifs is 3. The average Bonchev–Trinajstić information content (AvgIpc) is 2.91. The summed E-state index contributed by atoms with van der Waals surface area (Å²) >= 11 is 1.38. The molecule has 7 nitrogen and oxygen atoms in total. The highest BCUT2D eigenvalue weighted by Crippen LogP contribution is 2.42. The van der Waals surface area contributed by atoms with Crippen molar-refractivity contribution in [1.82, 2.24) is 9.97 Å². The molecule has 0 saturated heterocycles. The van der Waals surface area contributed by atoms with Gasteiger partial charge in [0.25, 0.3) is 0 Å². The quantitative estimate of drug-likeness (QED) is 0.248. The summed E-state index contributed by atoms with van der Waals surface area (Å²) in [4.78, 5) is 22.4. The van der Waals surface area contributed by atoms with Gasteiger partial charge in [0, 0.05) is 23.7 Å². The van der Waals surface area contributed by atoms with Gasteiger partial charge in [-0.1, -0.05) is 60.3 Å². The molecule has 2 aliphatic heterocycles. The van der Waals surface area contributed by atoms with Crippen LogP contribution in [0.4, 0.5) is 5.69 Å². The van der Waals surface area contributed by atoms with Gasteiger partial charge in [-0.2, -0.15) is 4.98 Å². The molecule has 0 atom stereocenters. The van der Waals surface area contributed by atoms with Gasteiger partial charge in [0.2, 0.25) is 11.8 Å². The molecule has 1 N–H and O–H groups in total. The molecule has 8 heteroatoms. The molecule has 0 saturated carbocycles. The van der Waals surface area contributed by atoms with Gasteiger partial charge in [-0.05, 0) is 30.2 Å². The van der Waals surface area contributed by atoms with E-state index >= 15 is 0 Å². The molecule has 3 aromatic carbocycles. The monoisotopic (exact) mass is 497 g/mol. The fourth-order valence-corrected chi connectivity index (χ4v) is 5.08. The third-order valence-corrected chi connectivity index (χ3v) is 7.01. The predicted molar refractivity (Wildman–Crippen MR) is 138 cm³/mol. The van der Waals surface area contributed by atoms with Gasteiger partial charge in [-0.3, -0.25) is 4.79 Å². The number of rotatable bonds is 5. The first-order valence-corrected chi connectivity index (χ1v) is 12.7. The highest BCUT2D eigenvalue weighted by molar-refractivity contribution is 8.00. The lowest BCUT2D eigenvalue weighted by atomic mass is 10.0. The maximum atomic E-state index is 12.8. The number of hydrogen-bond acceptors (Lipinski definition) is 7. The molecule has 0 fully saturated rings. The van der Waals surface area contributed by atoms with Crippen LogP contribution in [0.1, 0.15) is 16.7 Å². The van der Waals surface area contributed by atoms with E-state index in [1.54, 1.807) is 12.1 Å². The van der Waals surface area contributed by atoms with Gasteiger partial charge < -0.3 is 19.5 Å². The Hall–Kier alpha value is -4.04. The van der Waals surface area contributed by atoms with Gasteiger partial charge >= 0.3 is 0 Å². The number of nitrogens with one attached hydrogen (secondary N) is 1. The number of amides is 1. The van der Waals surface area contributed by atoms with Crippen LogP contribution in [0, 0.1) is 6.92 Å². The fraction of sp³-hybridized carbons (Fsp3) is 0.179. The number of benzene rings is 3. The topological polar surface area (TPSA) is 82.6 Å². The molecule has 0 unspecified atom stereocenters. The van der Waals surface area contributed by atoms with Crippen LogP contribution >= 0.6 is 11.8 Å².